The molecule has 1 fully saturated rings. The van der Waals surface area contributed by atoms with Gasteiger partial charge in [-0.3, -0.25) is 4.79 Å². The molecule has 90 valence electrons. The van der Waals surface area contributed by atoms with Crippen LogP contribution in [0.5, 0.6) is 0 Å². The first kappa shape index (κ1) is 16.4. The van der Waals surface area contributed by atoms with Gasteiger partial charge in [0.25, 0.3) is 0 Å². The van der Waals surface area contributed by atoms with Crippen molar-refractivity contribution in [3.8, 4) is 0 Å². The summed E-state index contributed by atoms with van der Waals surface area (Å²) >= 11 is 0. The maximum atomic E-state index is 10.8. The Kier molecular flexibility index (Phi) is 8.74. The van der Waals surface area contributed by atoms with Gasteiger partial charge in [-0.15, -0.1) is 0 Å². The number of esters is 1. The third-order valence-electron chi connectivity index (χ3n) is 3.31. The predicted octanol–water partition coefficient (Wildman–Crippen LogP) is 1.55. The van der Waals surface area contributed by atoms with E-state index in [0.29, 0.717) is 6.04 Å². The number of hydrogen-bond donors (Lipinski definition) is 0. The summed E-state index contributed by atoms with van der Waals surface area (Å²) in [6.07, 6.45) is 4.56. The first-order chi connectivity index (χ1) is 7.17. The summed E-state index contributed by atoms with van der Waals surface area (Å²) in [5.41, 5.74) is 0. The van der Waals surface area contributed by atoms with E-state index in [-0.39, 0.29) is 41.6 Å². The van der Waals surface area contributed by atoms with Crippen LogP contribution in [-0.4, -0.2) is 65.7 Å². The summed E-state index contributed by atoms with van der Waals surface area (Å²) in [5.74, 6) is -0.138. The quantitative estimate of drug-likeness (QED) is 0.549. The second-order valence-corrected chi connectivity index (χ2v) is 4.26. The molecule has 0 aliphatic heterocycles. The number of ether oxygens (including phenoxy) is 1. The third kappa shape index (κ3) is 5.17. The Hall–Kier alpha value is 0.430. The van der Waals surface area contributed by atoms with Gasteiger partial charge in [0.05, 0.1) is 0 Å². The van der Waals surface area contributed by atoms with Crippen LogP contribution < -0.4 is 0 Å². The molecule has 0 aromatic heterocycles. The molecule has 0 N–H and O–H groups in total. The van der Waals surface area contributed by atoms with E-state index in [4.69, 9.17) is 4.74 Å². The number of hydrogen-bond acceptors (Lipinski definition) is 3. The van der Waals surface area contributed by atoms with Gasteiger partial charge in [0.1, 0.15) is 6.10 Å². The number of carbonyl (C=O) groups excluding carboxylic acids is 1. The van der Waals surface area contributed by atoms with E-state index in [1.807, 2.05) is 0 Å². The van der Waals surface area contributed by atoms with Crippen LogP contribution in [-0.2, 0) is 9.53 Å². The molecule has 0 amide bonds. The zero-order chi connectivity index (χ0) is 11.3. The minimum absolute atomic E-state index is 0. The Bertz CT molecular complexity index is 199. The second-order valence-electron chi connectivity index (χ2n) is 4.26. The second kappa shape index (κ2) is 8.51. The molecule has 1 aliphatic rings. The van der Waals surface area contributed by atoms with E-state index in [0.717, 1.165) is 25.9 Å². The van der Waals surface area contributed by atoms with Gasteiger partial charge in [-0.2, -0.15) is 0 Å². The van der Waals surface area contributed by atoms with Gasteiger partial charge in [-0.05, 0) is 38.8 Å². The number of nitrogens with zero attached hydrogens (tertiary/aromatic N) is 1. The Morgan fingerprint density at radius 1 is 1.19 bits per heavy atom. The third-order valence-corrected chi connectivity index (χ3v) is 3.31. The summed E-state index contributed by atoms with van der Waals surface area (Å²) in [7, 11) is 0. The van der Waals surface area contributed by atoms with Crippen LogP contribution >= 0.6 is 0 Å². The van der Waals surface area contributed by atoms with E-state index >= 15 is 0 Å². The minimum atomic E-state index is -0.138. The summed E-state index contributed by atoms with van der Waals surface area (Å²) < 4.78 is 5.23. The van der Waals surface area contributed by atoms with Gasteiger partial charge in [0.15, 0.2) is 0 Å². The maximum absolute atomic E-state index is 10.8. The summed E-state index contributed by atoms with van der Waals surface area (Å²) in [4.78, 5) is 13.3. The van der Waals surface area contributed by atoms with Crippen molar-refractivity contribution in [2.45, 2.75) is 58.6 Å². The molecule has 1 aliphatic carbocycles. The van der Waals surface area contributed by atoms with E-state index in [1.165, 1.54) is 19.8 Å². The summed E-state index contributed by atoms with van der Waals surface area (Å²) in [5, 5.41) is 0. The van der Waals surface area contributed by atoms with E-state index < -0.39 is 0 Å². The van der Waals surface area contributed by atoms with Crippen molar-refractivity contribution in [3.05, 3.63) is 0 Å². The molecule has 0 radical (unpaired) electrons. The van der Waals surface area contributed by atoms with E-state index in [9.17, 15) is 4.79 Å². The molecule has 0 bridgehead atoms. The van der Waals surface area contributed by atoms with Gasteiger partial charge in [-0.1, -0.05) is 13.8 Å². The zero-order valence-electron chi connectivity index (χ0n) is 10.2. The normalized spacial score (nSPS) is 25.0. The van der Waals surface area contributed by atoms with Crippen LogP contribution in [0.2, 0.25) is 0 Å². The summed E-state index contributed by atoms with van der Waals surface area (Å²) in [6.45, 7) is 8.17. The van der Waals surface area contributed by atoms with Crippen LogP contribution in [0, 0.1) is 0 Å². The molecule has 4 heteroatoms. The molecule has 16 heavy (non-hydrogen) atoms. The van der Waals surface area contributed by atoms with Crippen molar-refractivity contribution in [1.82, 2.24) is 4.90 Å². The van der Waals surface area contributed by atoms with Gasteiger partial charge in [0, 0.05) is 13.0 Å². The molecule has 0 atom stereocenters. The fourth-order valence-corrected chi connectivity index (χ4v) is 2.50. The van der Waals surface area contributed by atoms with Crippen molar-refractivity contribution in [1.29, 1.82) is 0 Å². The Labute approximate surface area is 121 Å². The van der Waals surface area contributed by atoms with Crippen molar-refractivity contribution in [3.63, 3.8) is 0 Å². The molecule has 0 saturated heterocycles. The first-order valence-electron chi connectivity index (χ1n) is 6.08. The standard InChI is InChI=1S/C12H23NO2.Na.H/c1-4-13(5-2)11-6-8-12(9-7-11)15-10(3)14;;/h11-12H,4-9H2,1-3H3;;. The van der Waals surface area contributed by atoms with Crippen LogP contribution in [0.25, 0.3) is 0 Å². The average molecular weight is 237 g/mol. The fraction of sp³-hybridized carbons (Fsp3) is 0.917. The Morgan fingerprint density at radius 2 is 1.69 bits per heavy atom. The molecule has 0 aromatic rings. The SMILES string of the molecule is CCN(CC)C1CCC(OC(C)=O)CC1.[NaH]. The van der Waals surface area contributed by atoms with E-state index in [2.05, 4.69) is 18.7 Å². The Balaban J connectivity index is 0.00000225. The molecular formula is C12H24NNaO2. The van der Waals surface area contributed by atoms with Crippen molar-refractivity contribution in [2.75, 3.05) is 13.1 Å². The van der Waals surface area contributed by atoms with Crippen LogP contribution in [0.4, 0.5) is 0 Å². The van der Waals surface area contributed by atoms with Crippen molar-refractivity contribution >= 4 is 35.5 Å². The molecule has 1 rings (SSSR count). The molecule has 0 spiro atoms. The first-order valence-corrected chi connectivity index (χ1v) is 6.08. The molecule has 3 nitrogen and oxygen atoms in total. The topological polar surface area (TPSA) is 29.5 Å². The van der Waals surface area contributed by atoms with Crippen molar-refractivity contribution in [2.24, 2.45) is 0 Å². The predicted molar refractivity (Wildman–Crippen MR) is 67.9 cm³/mol. The molecule has 1 saturated carbocycles. The van der Waals surface area contributed by atoms with Crippen LogP contribution in [0.3, 0.4) is 0 Å². The molecule has 0 heterocycles. The van der Waals surface area contributed by atoms with Crippen LogP contribution in [0.1, 0.15) is 46.5 Å². The van der Waals surface area contributed by atoms with Gasteiger partial charge in [-0.25, -0.2) is 0 Å². The monoisotopic (exact) mass is 237 g/mol. The van der Waals surface area contributed by atoms with E-state index in [1.54, 1.807) is 0 Å². The van der Waals surface area contributed by atoms with Crippen LogP contribution in [0.15, 0.2) is 0 Å². The van der Waals surface area contributed by atoms with Gasteiger partial charge < -0.3 is 9.64 Å². The Morgan fingerprint density at radius 3 is 2.06 bits per heavy atom. The zero-order valence-corrected chi connectivity index (χ0v) is 10.2. The van der Waals surface area contributed by atoms with Crippen molar-refractivity contribution < 1.29 is 9.53 Å². The molecule has 0 aromatic carbocycles. The number of carbonyl (C=O) groups is 1. The number of rotatable bonds is 4. The molecular weight excluding hydrogens is 213 g/mol. The average Bonchev–Trinajstić information content (AvgIpc) is 2.21. The fourth-order valence-electron chi connectivity index (χ4n) is 2.50. The van der Waals surface area contributed by atoms with Gasteiger partial charge in [0.2, 0.25) is 0 Å². The summed E-state index contributed by atoms with van der Waals surface area (Å²) in [6, 6.07) is 0.701. The molecule has 0 unspecified atom stereocenters. The van der Waals surface area contributed by atoms with Gasteiger partial charge >= 0.3 is 35.5 Å².